The second-order valence-electron chi connectivity index (χ2n) is 3.34. The number of hydrogen-bond acceptors (Lipinski definition) is 3. The van der Waals surface area contributed by atoms with Crippen LogP contribution in [-0.2, 0) is 6.42 Å². The molecular weight excluding hydrogens is 182 g/mol. The first-order valence-electron chi connectivity index (χ1n) is 4.79. The predicted molar refractivity (Wildman–Crippen MR) is 56.1 cm³/mol. The molecule has 1 unspecified atom stereocenters. The molecule has 3 heteroatoms. The van der Waals surface area contributed by atoms with E-state index in [0.717, 1.165) is 22.0 Å². The molecule has 1 N–H and O–H groups in total. The van der Waals surface area contributed by atoms with Crippen LogP contribution in [0.3, 0.4) is 0 Å². The van der Waals surface area contributed by atoms with E-state index in [2.05, 4.69) is 11.9 Å². The highest BCUT2D eigenvalue weighted by Crippen LogP contribution is 2.25. The number of aryl methyl sites for hydroxylation is 2. The molecule has 0 aliphatic heterocycles. The second kappa shape index (κ2) is 4.72. The minimum absolute atomic E-state index is 0.368. The van der Waals surface area contributed by atoms with Crippen LogP contribution >= 0.6 is 11.3 Å². The van der Waals surface area contributed by atoms with Crippen LogP contribution < -0.4 is 0 Å². The van der Waals surface area contributed by atoms with Gasteiger partial charge in [-0.2, -0.15) is 0 Å². The molecule has 0 aliphatic carbocycles. The van der Waals surface area contributed by atoms with Crippen LogP contribution in [0.25, 0.3) is 0 Å². The average molecular weight is 199 g/mol. The van der Waals surface area contributed by atoms with Gasteiger partial charge < -0.3 is 5.11 Å². The topological polar surface area (TPSA) is 33.1 Å². The van der Waals surface area contributed by atoms with Crippen LogP contribution in [-0.4, -0.2) is 10.1 Å². The summed E-state index contributed by atoms with van der Waals surface area (Å²) in [6.07, 6.45) is 3.07. The number of hydrogen-bond donors (Lipinski definition) is 1. The van der Waals surface area contributed by atoms with E-state index in [-0.39, 0.29) is 6.10 Å². The molecule has 1 rings (SSSR count). The lowest BCUT2D eigenvalue weighted by Gasteiger charge is -1.98. The van der Waals surface area contributed by atoms with Gasteiger partial charge in [-0.05, 0) is 26.7 Å². The fraction of sp³-hybridized carbons (Fsp3) is 0.700. The lowest BCUT2D eigenvalue weighted by atomic mass is 10.2. The molecule has 0 aliphatic rings. The SMILES string of the molecule is CCCCc1nc(C)c(C(C)O)s1. The van der Waals surface area contributed by atoms with Crippen molar-refractivity contribution < 1.29 is 5.11 Å². The number of aromatic nitrogens is 1. The molecule has 1 aromatic heterocycles. The van der Waals surface area contributed by atoms with Crippen molar-refractivity contribution in [1.82, 2.24) is 4.98 Å². The maximum Gasteiger partial charge on any atom is 0.0932 e. The number of thiazole rings is 1. The van der Waals surface area contributed by atoms with Gasteiger partial charge in [-0.15, -0.1) is 11.3 Å². The Morgan fingerprint density at radius 3 is 2.69 bits per heavy atom. The molecule has 0 aromatic carbocycles. The Balaban J connectivity index is 2.71. The normalized spacial score (nSPS) is 13.2. The van der Waals surface area contributed by atoms with Gasteiger partial charge in [-0.25, -0.2) is 4.98 Å². The predicted octanol–water partition coefficient (Wildman–Crippen LogP) is 2.85. The summed E-state index contributed by atoms with van der Waals surface area (Å²) in [5.41, 5.74) is 0.992. The van der Waals surface area contributed by atoms with Gasteiger partial charge in [0.05, 0.1) is 21.7 Å². The largest absolute Gasteiger partial charge is 0.388 e. The van der Waals surface area contributed by atoms with Crippen LogP contribution in [0, 0.1) is 6.92 Å². The summed E-state index contributed by atoms with van der Waals surface area (Å²) in [5.74, 6) is 0. The van der Waals surface area contributed by atoms with Gasteiger partial charge in [0.2, 0.25) is 0 Å². The van der Waals surface area contributed by atoms with Gasteiger partial charge in [0, 0.05) is 0 Å². The molecule has 13 heavy (non-hydrogen) atoms. The lowest BCUT2D eigenvalue weighted by molar-refractivity contribution is 0.202. The van der Waals surface area contributed by atoms with E-state index in [1.54, 1.807) is 18.3 Å². The number of unbranched alkanes of at least 4 members (excludes halogenated alkanes) is 1. The van der Waals surface area contributed by atoms with Crippen molar-refractivity contribution in [3.8, 4) is 0 Å². The van der Waals surface area contributed by atoms with Crippen molar-refractivity contribution in [2.45, 2.75) is 46.1 Å². The van der Waals surface area contributed by atoms with E-state index in [9.17, 15) is 5.11 Å². The maximum absolute atomic E-state index is 9.41. The van der Waals surface area contributed by atoms with Crippen molar-refractivity contribution in [3.63, 3.8) is 0 Å². The van der Waals surface area contributed by atoms with E-state index < -0.39 is 0 Å². The number of aliphatic hydroxyl groups is 1. The Labute approximate surface area is 83.6 Å². The summed E-state index contributed by atoms with van der Waals surface area (Å²) >= 11 is 1.65. The molecule has 0 saturated heterocycles. The summed E-state index contributed by atoms with van der Waals surface area (Å²) in [4.78, 5) is 5.45. The van der Waals surface area contributed by atoms with Crippen LogP contribution in [0.1, 0.15) is 48.4 Å². The summed E-state index contributed by atoms with van der Waals surface area (Å²) in [6.45, 7) is 5.94. The van der Waals surface area contributed by atoms with Crippen LogP contribution in [0.2, 0.25) is 0 Å². The zero-order valence-electron chi connectivity index (χ0n) is 8.50. The van der Waals surface area contributed by atoms with Crippen molar-refractivity contribution >= 4 is 11.3 Å². The van der Waals surface area contributed by atoms with E-state index in [1.807, 2.05) is 6.92 Å². The Hall–Kier alpha value is -0.410. The van der Waals surface area contributed by atoms with Gasteiger partial charge >= 0.3 is 0 Å². The summed E-state index contributed by atoms with van der Waals surface area (Å²) in [7, 11) is 0. The molecule has 0 saturated carbocycles. The van der Waals surface area contributed by atoms with Crippen molar-refractivity contribution in [2.75, 3.05) is 0 Å². The molecule has 74 valence electrons. The fourth-order valence-corrected chi connectivity index (χ4v) is 2.33. The molecule has 0 fully saturated rings. The Kier molecular flexibility index (Phi) is 3.88. The molecule has 2 nitrogen and oxygen atoms in total. The van der Waals surface area contributed by atoms with Crippen molar-refractivity contribution in [2.24, 2.45) is 0 Å². The van der Waals surface area contributed by atoms with E-state index >= 15 is 0 Å². The highest BCUT2D eigenvalue weighted by atomic mass is 32.1. The minimum Gasteiger partial charge on any atom is -0.388 e. The minimum atomic E-state index is -0.368. The van der Waals surface area contributed by atoms with Gasteiger partial charge in [0.1, 0.15) is 0 Å². The number of aliphatic hydroxyl groups excluding tert-OH is 1. The first-order valence-corrected chi connectivity index (χ1v) is 5.61. The quantitative estimate of drug-likeness (QED) is 0.809. The van der Waals surface area contributed by atoms with Gasteiger partial charge in [-0.3, -0.25) is 0 Å². The van der Waals surface area contributed by atoms with Crippen LogP contribution in [0.5, 0.6) is 0 Å². The highest BCUT2D eigenvalue weighted by Gasteiger charge is 2.10. The van der Waals surface area contributed by atoms with Crippen LogP contribution in [0.15, 0.2) is 0 Å². The average Bonchev–Trinajstić information content (AvgIpc) is 2.43. The summed E-state index contributed by atoms with van der Waals surface area (Å²) in [6, 6.07) is 0. The van der Waals surface area contributed by atoms with Crippen molar-refractivity contribution in [1.29, 1.82) is 0 Å². The summed E-state index contributed by atoms with van der Waals surface area (Å²) < 4.78 is 0. The molecule has 1 atom stereocenters. The van der Waals surface area contributed by atoms with E-state index in [1.165, 1.54) is 12.8 Å². The summed E-state index contributed by atoms with van der Waals surface area (Å²) in [5, 5.41) is 10.6. The lowest BCUT2D eigenvalue weighted by Crippen LogP contribution is -1.88. The fourth-order valence-electron chi connectivity index (χ4n) is 1.29. The standard InChI is InChI=1S/C10H17NOS/c1-4-5-6-9-11-7(2)10(13-9)8(3)12/h8,12H,4-6H2,1-3H3. The Morgan fingerprint density at radius 2 is 2.23 bits per heavy atom. The third-order valence-electron chi connectivity index (χ3n) is 2.00. The van der Waals surface area contributed by atoms with E-state index in [0.29, 0.717) is 0 Å². The zero-order valence-corrected chi connectivity index (χ0v) is 9.32. The molecule has 0 bridgehead atoms. The Bertz CT molecular complexity index is 268. The molecule has 1 aromatic rings. The smallest absolute Gasteiger partial charge is 0.0932 e. The third-order valence-corrected chi connectivity index (χ3v) is 3.39. The van der Waals surface area contributed by atoms with Crippen LogP contribution in [0.4, 0.5) is 0 Å². The van der Waals surface area contributed by atoms with Crippen molar-refractivity contribution in [3.05, 3.63) is 15.6 Å². The maximum atomic E-state index is 9.41. The molecular formula is C10H17NOS. The molecule has 0 spiro atoms. The second-order valence-corrected chi connectivity index (χ2v) is 4.45. The van der Waals surface area contributed by atoms with E-state index in [4.69, 9.17) is 0 Å². The number of nitrogens with zero attached hydrogens (tertiary/aromatic N) is 1. The van der Waals surface area contributed by atoms with Gasteiger partial charge in [0.25, 0.3) is 0 Å². The zero-order chi connectivity index (χ0) is 9.84. The molecule has 0 radical (unpaired) electrons. The molecule has 0 amide bonds. The number of rotatable bonds is 4. The third kappa shape index (κ3) is 2.78. The highest BCUT2D eigenvalue weighted by molar-refractivity contribution is 7.11. The van der Waals surface area contributed by atoms with Gasteiger partial charge in [-0.1, -0.05) is 13.3 Å². The Morgan fingerprint density at radius 1 is 1.54 bits per heavy atom. The monoisotopic (exact) mass is 199 g/mol. The first kappa shape index (κ1) is 10.7. The first-order chi connectivity index (χ1) is 6.15. The molecule has 1 heterocycles. The van der Waals surface area contributed by atoms with Gasteiger partial charge in [0.15, 0.2) is 0 Å².